The summed E-state index contributed by atoms with van der Waals surface area (Å²) in [6.07, 6.45) is 3.74. The largest absolute Gasteiger partial charge is 0.460 e. The summed E-state index contributed by atoms with van der Waals surface area (Å²) in [6.45, 7) is 0.549. The number of rotatable bonds is 6. The molecule has 27 heavy (non-hydrogen) atoms. The molecule has 5 heteroatoms. The summed E-state index contributed by atoms with van der Waals surface area (Å²) >= 11 is 0. The van der Waals surface area contributed by atoms with E-state index in [1.165, 1.54) is 12.1 Å². The van der Waals surface area contributed by atoms with Gasteiger partial charge in [0.1, 0.15) is 23.2 Å². The first kappa shape index (κ1) is 17.2. The van der Waals surface area contributed by atoms with Crippen molar-refractivity contribution < 1.29 is 8.81 Å². The fourth-order valence-electron chi connectivity index (χ4n) is 3.10. The lowest BCUT2D eigenvalue weighted by molar-refractivity contribution is 0.467. The van der Waals surface area contributed by atoms with E-state index in [0.29, 0.717) is 6.54 Å². The first-order chi connectivity index (χ1) is 13.2. The number of nitrogens with zero attached hydrogens (tertiary/aromatic N) is 2. The van der Waals surface area contributed by atoms with Crippen LogP contribution in [0.5, 0.6) is 0 Å². The molecule has 0 saturated carbocycles. The van der Waals surface area contributed by atoms with Crippen LogP contribution >= 0.6 is 0 Å². The van der Waals surface area contributed by atoms with Gasteiger partial charge in [0.2, 0.25) is 0 Å². The molecular formula is C22H20FN3O. The topological polar surface area (TPSA) is 43.0 Å². The summed E-state index contributed by atoms with van der Waals surface area (Å²) < 4.78 is 21.0. The predicted molar refractivity (Wildman–Crippen MR) is 102 cm³/mol. The number of hydrogen-bond acceptors (Lipinski definition) is 3. The van der Waals surface area contributed by atoms with E-state index in [-0.39, 0.29) is 11.9 Å². The number of furan rings is 1. The quantitative estimate of drug-likeness (QED) is 0.541. The molecule has 0 fully saturated rings. The van der Waals surface area contributed by atoms with E-state index >= 15 is 0 Å². The molecule has 0 aliphatic carbocycles. The van der Waals surface area contributed by atoms with Crippen LogP contribution in [0.1, 0.15) is 23.2 Å². The normalized spacial score (nSPS) is 12.2. The Morgan fingerprint density at radius 1 is 1.04 bits per heavy atom. The minimum Gasteiger partial charge on any atom is -0.460 e. The van der Waals surface area contributed by atoms with E-state index in [9.17, 15) is 4.39 Å². The van der Waals surface area contributed by atoms with Gasteiger partial charge in [-0.15, -0.1) is 0 Å². The summed E-state index contributed by atoms with van der Waals surface area (Å²) in [4.78, 5) is 4.50. The molecule has 1 atom stereocenters. The minimum atomic E-state index is -0.257. The zero-order valence-electron chi connectivity index (χ0n) is 15.0. The van der Waals surface area contributed by atoms with Crippen LogP contribution in [0.4, 0.5) is 4.39 Å². The van der Waals surface area contributed by atoms with Crippen molar-refractivity contribution in [1.29, 1.82) is 0 Å². The molecule has 0 spiro atoms. The molecule has 4 nitrogen and oxygen atoms in total. The SMILES string of the molecule is Cn1ccnc1[C@@H](NCc1ccc(-c2ccc(F)cc2)o1)c1ccccc1. The lowest BCUT2D eigenvalue weighted by Gasteiger charge is -2.18. The fraction of sp³-hybridized carbons (Fsp3) is 0.136. The number of hydrogen-bond donors (Lipinski definition) is 1. The number of aromatic nitrogens is 2. The number of halogens is 1. The maximum Gasteiger partial charge on any atom is 0.134 e. The van der Waals surface area contributed by atoms with Gasteiger partial charge in [-0.25, -0.2) is 9.37 Å². The van der Waals surface area contributed by atoms with Crippen LogP contribution in [0.3, 0.4) is 0 Å². The molecule has 2 heterocycles. The van der Waals surface area contributed by atoms with E-state index in [1.807, 2.05) is 48.1 Å². The summed E-state index contributed by atoms with van der Waals surface area (Å²) in [5, 5.41) is 3.53. The van der Waals surface area contributed by atoms with Crippen molar-refractivity contribution in [3.8, 4) is 11.3 Å². The Morgan fingerprint density at radius 3 is 2.52 bits per heavy atom. The monoisotopic (exact) mass is 361 g/mol. The summed E-state index contributed by atoms with van der Waals surface area (Å²) in [5.74, 6) is 2.21. The van der Waals surface area contributed by atoms with Crippen LogP contribution in [0.15, 0.2) is 83.5 Å². The van der Waals surface area contributed by atoms with E-state index in [4.69, 9.17) is 4.42 Å². The molecule has 136 valence electrons. The van der Waals surface area contributed by atoms with Crippen LogP contribution in [-0.2, 0) is 13.6 Å². The Labute approximate surface area is 157 Å². The van der Waals surface area contributed by atoms with Crippen LogP contribution in [0.2, 0.25) is 0 Å². The van der Waals surface area contributed by atoms with Gasteiger partial charge < -0.3 is 8.98 Å². The second-order valence-corrected chi connectivity index (χ2v) is 6.39. The average molecular weight is 361 g/mol. The second kappa shape index (κ2) is 7.60. The summed E-state index contributed by atoms with van der Waals surface area (Å²) in [6, 6.07) is 20.3. The highest BCUT2D eigenvalue weighted by molar-refractivity contribution is 5.57. The molecule has 0 radical (unpaired) electrons. The maximum atomic E-state index is 13.1. The molecule has 0 unspecified atom stereocenters. The van der Waals surface area contributed by atoms with Gasteiger partial charge in [0.15, 0.2) is 0 Å². The number of aryl methyl sites for hydroxylation is 1. The van der Waals surface area contributed by atoms with E-state index in [1.54, 1.807) is 18.3 Å². The molecule has 2 aromatic heterocycles. The lowest BCUT2D eigenvalue weighted by atomic mass is 10.1. The molecule has 2 aromatic carbocycles. The van der Waals surface area contributed by atoms with Crippen molar-refractivity contribution in [3.63, 3.8) is 0 Å². The molecular weight excluding hydrogens is 341 g/mol. The van der Waals surface area contributed by atoms with Gasteiger partial charge >= 0.3 is 0 Å². The van der Waals surface area contributed by atoms with Crippen molar-refractivity contribution in [2.75, 3.05) is 0 Å². The van der Waals surface area contributed by atoms with Crippen LogP contribution in [-0.4, -0.2) is 9.55 Å². The van der Waals surface area contributed by atoms with Crippen molar-refractivity contribution >= 4 is 0 Å². The molecule has 4 aromatic rings. The molecule has 0 aliphatic rings. The van der Waals surface area contributed by atoms with Crippen molar-refractivity contribution in [1.82, 2.24) is 14.9 Å². The summed E-state index contributed by atoms with van der Waals surface area (Å²) in [5.41, 5.74) is 1.99. The smallest absolute Gasteiger partial charge is 0.134 e. The van der Waals surface area contributed by atoms with E-state index < -0.39 is 0 Å². The Balaban J connectivity index is 1.53. The lowest BCUT2D eigenvalue weighted by Crippen LogP contribution is -2.24. The van der Waals surface area contributed by atoms with Gasteiger partial charge in [0, 0.05) is 25.0 Å². The van der Waals surface area contributed by atoms with Gasteiger partial charge in [-0.1, -0.05) is 30.3 Å². The Hall–Kier alpha value is -3.18. The molecule has 0 bridgehead atoms. The van der Waals surface area contributed by atoms with Crippen molar-refractivity contribution in [2.24, 2.45) is 7.05 Å². The van der Waals surface area contributed by atoms with Crippen LogP contribution in [0.25, 0.3) is 11.3 Å². The van der Waals surface area contributed by atoms with Crippen LogP contribution < -0.4 is 5.32 Å². The first-order valence-corrected chi connectivity index (χ1v) is 8.81. The van der Waals surface area contributed by atoms with E-state index in [2.05, 4.69) is 22.4 Å². The van der Waals surface area contributed by atoms with Gasteiger partial charge in [-0.2, -0.15) is 0 Å². The zero-order valence-corrected chi connectivity index (χ0v) is 15.0. The number of nitrogens with one attached hydrogen (secondary N) is 1. The highest BCUT2D eigenvalue weighted by Crippen LogP contribution is 2.24. The van der Waals surface area contributed by atoms with Gasteiger partial charge in [0.05, 0.1) is 12.6 Å². The minimum absolute atomic E-state index is 0.0504. The van der Waals surface area contributed by atoms with Crippen molar-refractivity contribution in [2.45, 2.75) is 12.6 Å². The maximum absolute atomic E-state index is 13.1. The Kier molecular flexibility index (Phi) is 4.85. The first-order valence-electron chi connectivity index (χ1n) is 8.81. The number of imidazole rings is 1. The molecule has 0 amide bonds. The molecule has 1 N–H and O–H groups in total. The second-order valence-electron chi connectivity index (χ2n) is 6.39. The Morgan fingerprint density at radius 2 is 1.81 bits per heavy atom. The highest BCUT2D eigenvalue weighted by atomic mass is 19.1. The van der Waals surface area contributed by atoms with Crippen molar-refractivity contribution in [3.05, 3.63) is 102 Å². The standard InChI is InChI=1S/C22H20FN3O/c1-26-14-13-24-22(26)21(17-5-3-2-4-6-17)25-15-19-11-12-20(27-19)16-7-9-18(23)10-8-16/h2-14,21,25H,15H2,1H3/t21-/m0/s1. The third-order valence-corrected chi connectivity index (χ3v) is 4.52. The molecule has 0 saturated heterocycles. The average Bonchev–Trinajstić information content (AvgIpc) is 3.33. The third kappa shape index (κ3) is 3.83. The van der Waals surface area contributed by atoms with Gasteiger partial charge in [-0.05, 0) is 42.0 Å². The van der Waals surface area contributed by atoms with Gasteiger partial charge in [-0.3, -0.25) is 5.32 Å². The zero-order chi connectivity index (χ0) is 18.6. The third-order valence-electron chi connectivity index (χ3n) is 4.52. The van der Waals surface area contributed by atoms with E-state index in [0.717, 1.165) is 28.5 Å². The molecule has 0 aliphatic heterocycles. The Bertz CT molecular complexity index is 1010. The predicted octanol–water partition coefficient (Wildman–Crippen LogP) is 4.70. The highest BCUT2D eigenvalue weighted by Gasteiger charge is 2.18. The molecule has 4 rings (SSSR count). The van der Waals surface area contributed by atoms with Gasteiger partial charge in [0.25, 0.3) is 0 Å². The number of benzene rings is 2. The fourth-order valence-corrected chi connectivity index (χ4v) is 3.10. The van der Waals surface area contributed by atoms with Crippen LogP contribution in [0, 0.1) is 5.82 Å². The summed E-state index contributed by atoms with van der Waals surface area (Å²) in [7, 11) is 1.99.